The summed E-state index contributed by atoms with van der Waals surface area (Å²) in [5.41, 5.74) is 4.98. The number of nitrogens with zero attached hydrogens (tertiary/aromatic N) is 2. The van der Waals surface area contributed by atoms with E-state index in [4.69, 9.17) is 14.5 Å². The number of methoxy groups -OCH3 is 1. The average Bonchev–Trinajstić information content (AvgIpc) is 3.67. The summed E-state index contributed by atoms with van der Waals surface area (Å²) >= 11 is 0. The van der Waals surface area contributed by atoms with Gasteiger partial charge in [0.2, 0.25) is 10.0 Å². The van der Waals surface area contributed by atoms with Crippen LogP contribution >= 0.6 is 0 Å². The molecular formula is C36H47N3O4SSi. The lowest BCUT2D eigenvalue weighted by Gasteiger charge is -2.18. The topological polar surface area (TPSA) is 82.5 Å². The first kappa shape index (κ1) is 33.1. The average molecular weight is 646 g/mol. The van der Waals surface area contributed by atoms with Crippen LogP contribution in [0.5, 0.6) is 5.75 Å². The van der Waals surface area contributed by atoms with Gasteiger partial charge in [-0.1, -0.05) is 81.9 Å². The molecule has 0 saturated heterocycles. The number of hydrogen-bond acceptors (Lipinski definition) is 5. The molecule has 1 aromatic heterocycles. The van der Waals surface area contributed by atoms with Crippen LogP contribution in [0.4, 0.5) is 0 Å². The monoisotopic (exact) mass is 645 g/mol. The maximum absolute atomic E-state index is 13.4. The molecule has 0 radical (unpaired) electrons. The van der Waals surface area contributed by atoms with E-state index in [1.807, 2.05) is 54.6 Å². The third-order valence-corrected chi connectivity index (χ3v) is 11.6. The smallest absolute Gasteiger partial charge is 0.240 e. The van der Waals surface area contributed by atoms with Gasteiger partial charge in [-0.05, 0) is 67.3 Å². The van der Waals surface area contributed by atoms with Gasteiger partial charge in [0, 0.05) is 37.8 Å². The van der Waals surface area contributed by atoms with Crippen molar-refractivity contribution >= 4 is 18.1 Å². The van der Waals surface area contributed by atoms with E-state index in [0.717, 1.165) is 59.4 Å². The quantitative estimate of drug-likeness (QED) is 0.0984. The van der Waals surface area contributed by atoms with Crippen LogP contribution in [0.15, 0.2) is 83.8 Å². The van der Waals surface area contributed by atoms with Gasteiger partial charge in [0.05, 0.1) is 23.4 Å². The first-order chi connectivity index (χ1) is 21.6. The van der Waals surface area contributed by atoms with Gasteiger partial charge < -0.3 is 9.47 Å². The molecule has 0 bridgehead atoms. The molecule has 0 spiro atoms. The summed E-state index contributed by atoms with van der Waals surface area (Å²) in [5.74, 6) is 1.53. The van der Waals surface area contributed by atoms with Crippen LogP contribution in [0.2, 0.25) is 25.7 Å². The highest BCUT2D eigenvalue weighted by atomic mass is 32.2. The largest absolute Gasteiger partial charge is 0.497 e. The van der Waals surface area contributed by atoms with E-state index >= 15 is 0 Å². The second kappa shape index (κ2) is 14.5. The molecule has 1 N–H and O–H groups in total. The predicted octanol–water partition coefficient (Wildman–Crippen LogP) is 8.11. The van der Waals surface area contributed by atoms with Crippen molar-refractivity contribution in [3.8, 4) is 28.4 Å². The summed E-state index contributed by atoms with van der Waals surface area (Å²) < 4.78 is 43.7. The van der Waals surface area contributed by atoms with E-state index in [0.29, 0.717) is 24.7 Å². The van der Waals surface area contributed by atoms with Crippen LogP contribution in [0.1, 0.15) is 49.8 Å². The Morgan fingerprint density at radius 2 is 1.64 bits per heavy atom. The van der Waals surface area contributed by atoms with Crippen molar-refractivity contribution in [1.82, 2.24) is 14.3 Å². The van der Waals surface area contributed by atoms with Crippen molar-refractivity contribution in [2.45, 2.75) is 88.3 Å². The molecule has 0 amide bonds. The van der Waals surface area contributed by atoms with E-state index < -0.39 is 18.1 Å². The number of imidazole rings is 1. The van der Waals surface area contributed by atoms with Gasteiger partial charge in [-0.2, -0.15) is 0 Å². The summed E-state index contributed by atoms with van der Waals surface area (Å²) in [6.07, 6.45) is 5.10. The second-order valence-electron chi connectivity index (χ2n) is 13.2. The maximum atomic E-state index is 13.4. The summed E-state index contributed by atoms with van der Waals surface area (Å²) in [5, 5.41) is 0. The molecule has 0 unspecified atom stereocenters. The van der Waals surface area contributed by atoms with Crippen molar-refractivity contribution in [2.75, 3.05) is 13.7 Å². The van der Waals surface area contributed by atoms with Gasteiger partial charge in [-0.15, -0.1) is 0 Å². The molecule has 4 aromatic rings. The van der Waals surface area contributed by atoms with E-state index in [9.17, 15) is 8.42 Å². The fourth-order valence-electron chi connectivity index (χ4n) is 5.56. The number of nitrogens with one attached hydrogen (secondary N) is 1. The highest BCUT2D eigenvalue weighted by molar-refractivity contribution is 7.89. The first-order valence-electron chi connectivity index (χ1n) is 16.1. The number of ether oxygens (including phenoxy) is 2. The Labute approximate surface area is 270 Å². The number of rotatable bonds is 16. The van der Waals surface area contributed by atoms with Crippen LogP contribution in [-0.4, -0.2) is 45.8 Å². The Balaban J connectivity index is 1.45. The van der Waals surface area contributed by atoms with Crippen LogP contribution in [0.25, 0.3) is 22.6 Å². The SMILES string of the molecule is CCCCCc1ccc(S(=O)(=O)N[C@H]2C[C@@H]2c2nc(-c3ccccc3)n(COCC[Si](C)(C)C)c2-c2ccc(OC)cc2)cc1. The lowest BCUT2D eigenvalue weighted by atomic mass is 10.1. The molecule has 3 aromatic carbocycles. The molecule has 240 valence electrons. The van der Waals surface area contributed by atoms with E-state index in [-0.39, 0.29) is 12.0 Å². The Bertz CT molecular complexity index is 1650. The normalized spacial score (nSPS) is 16.6. The zero-order chi connectivity index (χ0) is 32.0. The third kappa shape index (κ3) is 8.52. The van der Waals surface area contributed by atoms with E-state index in [1.54, 1.807) is 19.2 Å². The zero-order valence-corrected chi connectivity index (χ0v) is 29.1. The van der Waals surface area contributed by atoms with Gasteiger partial charge in [0.15, 0.2) is 0 Å². The highest BCUT2D eigenvalue weighted by Crippen LogP contribution is 2.47. The van der Waals surface area contributed by atoms with Crippen molar-refractivity contribution in [1.29, 1.82) is 0 Å². The highest BCUT2D eigenvalue weighted by Gasteiger charge is 2.45. The molecule has 1 aliphatic rings. The Hall–Kier alpha value is -3.24. The van der Waals surface area contributed by atoms with Crippen molar-refractivity contribution in [3.63, 3.8) is 0 Å². The van der Waals surface area contributed by atoms with Gasteiger partial charge in [-0.3, -0.25) is 4.57 Å². The molecule has 1 heterocycles. The van der Waals surface area contributed by atoms with Gasteiger partial charge in [0.25, 0.3) is 0 Å². The number of sulfonamides is 1. The van der Waals surface area contributed by atoms with Crippen molar-refractivity contribution in [2.24, 2.45) is 0 Å². The van der Waals surface area contributed by atoms with Crippen LogP contribution in [0, 0.1) is 0 Å². The molecule has 0 aliphatic heterocycles. The van der Waals surface area contributed by atoms with E-state index in [2.05, 4.69) is 48.0 Å². The Kier molecular flexibility index (Phi) is 10.6. The Morgan fingerprint density at radius 1 is 0.933 bits per heavy atom. The predicted molar refractivity (Wildman–Crippen MR) is 185 cm³/mol. The summed E-state index contributed by atoms with van der Waals surface area (Å²) in [6, 6.07) is 26.3. The summed E-state index contributed by atoms with van der Waals surface area (Å²) in [6.45, 7) is 10.3. The minimum absolute atomic E-state index is 0.0594. The van der Waals surface area contributed by atoms with Gasteiger partial charge in [-0.25, -0.2) is 18.1 Å². The van der Waals surface area contributed by atoms with Crippen LogP contribution < -0.4 is 9.46 Å². The third-order valence-electron chi connectivity index (χ3n) is 8.36. The molecule has 7 nitrogen and oxygen atoms in total. The lowest BCUT2D eigenvalue weighted by molar-refractivity contribution is 0.0893. The number of unbranched alkanes of at least 4 members (excludes halogenated alkanes) is 2. The summed E-state index contributed by atoms with van der Waals surface area (Å²) in [4.78, 5) is 5.51. The molecule has 5 rings (SSSR count). The van der Waals surface area contributed by atoms with Gasteiger partial charge in [0.1, 0.15) is 18.3 Å². The number of aryl methyl sites for hydroxylation is 1. The number of hydrogen-bond donors (Lipinski definition) is 1. The summed E-state index contributed by atoms with van der Waals surface area (Å²) in [7, 11) is -3.28. The fraction of sp³-hybridized carbons (Fsp3) is 0.417. The molecule has 1 aliphatic carbocycles. The van der Waals surface area contributed by atoms with Crippen molar-refractivity contribution in [3.05, 3.63) is 90.1 Å². The molecular weight excluding hydrogens is 599 g/mol. The first-order valence-corrected chi connectivity index (χ1v) is 21.3. The number of benzene rings is 3. The van der Waals surface area contributed by atoms with E-state index in [1.165, 1.54) is 12.0 Å². The van der Waals surface area contributed by atoms with Crippen LogP contribution in [-0.2, 0) is 27.9 Å². The minimum Gasteiger partial charge on any atom is -0.497 e. The Morgan fingerprint density at radius 3 is 2.29 bits per heavy atom. The maximum Gasteiger partial charge on any atom is 0.240 e. The fourth-order valence-corrected chi connectivity index (χ4v) is 7.61. The molecule has 45 heavy (non-hydrogen) atoms. The lowest BCUT2D eigenvalue weighted by Crippen LogP contribution is -2.27. The van der Waals surface area contributed by atoms with Crippen LogP contribution in [0.3, 0.4) is 0 Å². The van der Waals surface area contributed by atoms with Gasteiger partial charge >= 0.3 is 0 Å². The molecule has 2 atom stereocenters. The number of aromatic nitrogens is 2. The van der Waals surface area contributed by atoms with Crippen molar-refractivity contribution < 1.29 is 17.9 Å². The minimum atomic E-state index is -3.68. The molecule has 9 heteroatoms. The standard InChI is InChI=1S/C36H47N3O4SSi/c1-6-7-9-12-27-15-21-31(22-16-27)44(40,41)38-33-25-32(33)34-35(28-17-19-30(42-2)20-18-28)39(26-43-23-24-45(3,4)5)36(37-34)29-13-10-8-11-14-29/h8,10-11,13-22,32-33,38H,6-7,9,12,23-26H2,1-5H3/t32-,33-/m0/s1. The second-order valence-corrected chi connectivity index (χ2v) is 20.5. The zero-order valence-electron chi connectivity index (χ0n) is 27.3. The molecule has 1 saturated carbocycles. The molecule has 1 fully saturated rings.